The van der Waals surface area contributed by atoms with Crippen molar-refractivity contribution in [2.24, 2.45) is 0 Å². The summed E-state index contributed by atoms with van der Waals surface area (Å²) in [5.74, 6) is -0.787. The highest BCUT2D eigenvalue weighted by Crippen LogP contribution is 2.33. The van der Waals surface area contributed by atoms with E-state index >= 15 is 0 Å². The van der Waals surface area contributed by atoms with Crippen LogP contribution in [-0.4, -0.2) is 16.1 Å². The SMILES string of the molecule is O=C(O)CCc1ccc(NC(Cc2ccccc2)c2ccc3c(Cl)c(Cl)[nH]c3c2)cc1. The Balaban J connectivity index is 1.61. The lowest BCUT2D eigenvalue weighted by Gasteiger charge is -2.21. The third-order valence-corrected chi connectivity index (χ3v) is 6.10. The van der Waals surface area contributed by atoms with E-state index in [4.69, 9.17) is 28.3 Å². The van der Waals surface area contributed by atoms with Crippen molar-refractivity contribution in [3.05, 3.63) is 99.7 Å². The summed E-state index contributed by atoms with van der Waals surface area (Å²) in [5, 5.41) is 14.4. The molecule has 0 radical (unpaired) electrons. The minimum absolute atomic E-state index is 0.0255. The first-order valence-electron chi connectivity index (χ1n) is 10.1. The number of aliphatic carboxylic acids is 1. The van der Waals surface area contributed by atoms with E-state index in [0.29, 0.717) is 16.6 Å². The molecule has 4 rings (SSSR count). The van der Waals surface area contributed by atoms with E-state index in [2.05, 4.69) is 34.6 Å². The Morgan fingerprint density at radius 1 is 0.968 bits per heavy atom. The van der Waals surface area contributed by atoms with E-state index in [0.717, 1.165) is 34.1 Å². The zero-order chi connectivity index (χ0) is 21.8. The number of aryl methyl sites for hydroxylation is 1. The van der Waals surface area contributed by atoms with Gasteiger partial charge in [0.15, 0.2) is 0 Å². The molecule has 0 fully saturated rings. The molecule has 0 saturated carbocycles. The molecule has 6 heteroatoms. The molecule has 158 valence electrons. The number of carbonyl (C=O) groups is 1. The van der Waals surface area contributed by atoms with E-state index in [1.807, 2.05) is 48.5 Å². The van der Waals surface area contributed by atoms with Gasteiger partial charge in [0.05, 0.1) is 11.1 Å². The van der Waals surface area contributed by atoms with Crippen molar-refractivity contribution in [2.75, 3.05) is 5.32 Å². The fraction of sp³-hybridized carbons (Fsp3) is 0.160. The average molecular weight is 453 g/mol. The molecule has 0 amide bonds. The normalized spacial score (nSPS) is 12.1. The molecule has 0 bridgehead atoms. The monoisotopic (exact) mass is 452 g/mol. The summed E-state index contributed by atoms with van der Waals surface area (Å²) in [6, 6.07) is 24.4. The Hall–Kier alpha value is -2.95. The first-order valence-corrected chi connectivity index (χ1v) is 10.8. The number of fused-ring (bicyclic) bond motifs is 1. The van der Waals surface area contributed by atoms with Crippen LogP contribution in [0.2, 0.25) is 10.2 Å². The van der Waals surface area contributed by atoms with Crippen LogP contribution in [0.4, 0.5) is 5.69 Å². The summed E-state index contributed by atoms with van der Waals surface area (Å²) < 4.78 is 0. The van der Waals surface area contributed by atoms with Gasteiger partial charge in [-0.15, -0.1) is 0 Å². The van der Waals surface area contributed by atoms with Crippen LogP contribution in [0.1, 0.15) is 29.2 Å². The predicted octanol–water partition coefficient (Wildman–Crippen LogP) is 6.89. The molecular formula is C25H22Cl2N2O2. The van der Waals surface area contributed by atoms with Crippen LogP contribution in [-0.2, 0) is 17.6 Å². The van der Waals surface area contributed by atoms with Crippen molar-refractivity contribution in [3.63, 3.8) is 0 Å². The number of anilines is 1. The Morgan fingerprint density at radius 3 is 2.42 bits per heavy atom. The van der Waals surface area contributed by atoms with Gasteiger partial charge >= 0.3 is 5.97 Å². The lowest BCUT2D eigenvalue weighted by Crippen LogP contribution is -2.14. The fourth-order valence-corrected chi connectivity index (χ4v) is 4.10. The molecule has 3 N–H and O–H groups in total. The van der Waals surface area contributed by atoms with Crippen LogP contribution in [0.3, 0.4) is 0 Å². The van der Waals surface area contributed by atoms with Crippen LogP contribution in [0.25, 0.3) is 10.9 Å². The highest BCUT2D eigenvalue weighted by Gasteiger charge is 2.16. The number of hydrogen-bond acceptors (Lipinski definition) is 2. The van der Waals surface area contributed by atoms with Crippen LogP contribution >= 0.6 is 23.2 Å². The molecular weight excluding hydrogens is 431 g/mol. The van der Waals surface area contributed by atoms with Crippen LogP contribution in [0.15, 0.2) is 72.8 Å². The summed E-state index contributed by atoms with van der Waals surface area (Å²) in [4.78, 5) is 13.9. The van der Waals surface area contributed by atoms with Crippen molar-refractivity contribution in [3.8, 4) is 0 Å². The Bertz CT molecular complexity index is 1190. The molecule has 1 heterocycles. The first-order chi connectivity index (χ1) is 15.0. The molecule has 1 atom stereocenters. The lowest BCUT2D eigenvalue weighted by atomic mass is 9.97. The number of rotatable bonds is 8. The molecule has 1 aromatic heterocycles. The third kappa shape index (κ3) is 5.22. The van der Waals surface area contributed by atoms with Gasteiger partial charge in [-0.2, -0.15) is 0 Å². The Kier molecular flexibility index (Phi) is 6.50. The van der Waals surface area contributed by atoms with Gasteiger partial charge in [-0.25, -0.2) is 0 Å². The van der Waals surface area contributed by atoms with Crippen molar-refractivity contribution < 1.29 is 9.90 Å². The van der Waals surface area contributed by atoms with Crippen LogP contribution in [0, 0.1) is 0 Å². The Labute approximate surface area is 190 Å². The summed E-state index contributed by atoms with van der Waals surface area (Å²) in [6.45, 7) is 0. The number of H-pyrrole nitrogens is 1. The minimum Gasteiger partial charge on any atom is -0.481 e. The third-order valence-electron chi connectivity index (χ3n) is 5.32. The van der Waals surface area contributed by atoms with Crippen LogP contribution in [0.5, 0.6) is 0 Å². The van der Waals surface area contributed by atoms with Gasteiger partial charge in [0, 0.05) is 23.0 Å². The molecule has 3 aromatic carbocycles. The number of aromatic amines is 1. The van der Waals surface area contributed by atoms with Crippen molar-refractivity contribution >= 4 is 45.8 Å². The second-order valence-electron chi connectivity index (χ2n) is 7.54. The summed E-state index contributed by atoms with van der Waals surface area (Å²) in [6.07, 6.45) is 1.45. The number of benzene rings is 3. The second kappa shape index (κ2) is 9.46. The van der Waals surface area contributed by atoms with Gasteiger partial charge < -0.3 is 15.4 Å². The molecule has 0 saturated heterocycles. The minimum atomic E-state index is -0.787. The maximum absolute atomic E-state index is 10.8. The van der Waals surface area contributed by atoms with Gasteiger partial charge in [0.2, 0.25) is 0 Å². The van der Waals surface area contributed by atoms with E-state index in [-0.39, 0.29) is 12.5 Å². The number of halogens is 2. The lowest BCUT2D eigenvalue weighted by molar-refractivity contribution is -0.136. The first kappa shape index (κ1) is 21.3. The standard InChI is InChI=1S/C25H22Cl2N2O2/c26-24-20-12-9-18(15-22(20)29-25(24)27)21(14-17-4-2-1-3-5-17)28-19-10-6-16(7-11-19)8-13-23(30)31/h1-7,9-12,15,21,28-29H,8,13-14H2,(H,30,31). The summed E-state index contributed by atoms with van der Waals surface area (Å²) >= 11 is 12.4. The summed E-state index contributed by atoms with van der Waals surface area (Å²) in [7, 11) is 0. The Morgan fingerprint density at radius 2 is 1.71 bits per heavy atom. The molecule has 4 aromatic rings. The quantitative estimate of drug-likeness (QED) is 0.272. The van der Waals surface area contributed by atoms with E-state index in [1.165, 1.54) is 5.56 Å². The maximum Gasteiger partial charge on any atom is 0.303 e. The topological polar surface area (TPSA) is 65.1 Å². The smallest absolute Gasteiger partial charge is 0.303 e. The predicted molar refractivity (Wildman–Crippen MR) is 127 cm³/mol. The van der Waals surface area contributed by atoms with Gasteiger partial charge in [-0.1, -0.05) is 77.8 Å². The number of carboxylic acid groups (broad SMARTS) is 1. The number of hydrogen-bond donors (Lipinski definition) is 3. The van der Waals surface area contributed by atoms with E-state index in [9.17, 15) is 4.79 Å². The fourth-order valence-electron chi connectivity index (χ4n) is 3.69. The van der Waals surface area contributed by atoms with Gasteiger partial charge in [-0.05, 0) is 47.7 Å². The number of nitrogens with one attached hydrogen (secondary N) is 2. The molecule has 0 aliphatic heterocycles. The van der Waals surface area contributed by atoms with Gasteiger partial charge in [0.1, 0.15) is 5.15 Å². The highest BCUT2D eigenvalue weighted by molar-refractivity contribution is 6.45. The molecule has 1 unspecified atom stereocenters. The molecule has 4 nitrogen and oxygen atoms in total. The van der Waals surface area contributed by atoms with Crippen molar-refractivity contribution in [2.45, 2.75) is 25.3 Å². The van der Waals surface area contributed by atoms with E-state index < -0.39 is 5.97 Å². The molecule has 0 aliphatic rings. The summed E-state index contributed by atoms with van der Waals surface area (Å²) in [5.41, 5.74) is 5.21. The van der Waals surface area contributed by atoms with Crippen LogP contribution < -0.4 is 5.32 Å². The zero-order valence-electron chi connectivity index (χ0n) is 16.7. The van der Waals surface area contributed by atoms with E-state index in [1.54, 1.807) is 0 Å². The van der Waals surface area contributed by atoms with Gasteiger partial charge in [-0.3, -0.25) is 4.79 Å². The average Bonchev–Trinajstić information content (AvgIpc) is 3.06. The molecule has 31 heavy (non-hydrogen) atoms. The highest BCUT2D eigenvalue weighted by atomic mass is 35.5. The van der Waals surface area contributed by atoms with Crippen molar-refractivity contribution in [1.29, 1.82) is 0 Å². The molecule has 0 spiro atoms. The maximum atomic E-state index is 10.8. The van der Waals surface area contributed by atoms with Crippen molar-refractivity contribution in [1.82, 2.24) is 4.98 Å². The van der Waals surface area contributed by atoms with Gasteiger partial charge in [0.25, 0.3) is 0 Å². The zero-order valence-corrected chi connectivity index (χ0v) is 18.3. The molecule has 0 aliphatic carbocycles. The number of carboxylic acids is 1. The second-order valence-corrected chi connectivity index (χ2v) is 8.29. The number of aromatic nitrogens is 1. The largest absolute Gasteiger partial charge is 0.481 e.